The number of rotatable bonds is 3. The summed E-state index contributed by atoms with van der Waals surface area (Å²) in [4.78, 5) is 12.5. The molecule has 0 aliphatic carbocycles. The van der Waals surface area contributed by atoms with Crippen LogP contribution < -0.4 is 0 Å². The highest BCUT2D eigenvalue weighted by molar-refractivity contribution is 5.66. The fraction of sp³-hybridized carbons (Fsp3) is 0.875. The molecule has 1 saturated heterocycles. The number of esters is 1. The third-order valence-corrected chi connectivity index (χ3v) is 1.96. The molecule has 1 heterocycles. The van der Waals surface area contributed by atoms with Crippen molar-refractivity contribution < 1.29 is 13.9 Å². The monoisotopic (exact) mass is 175 g/mol. The van der Waals surface area contributed by atoms with Crippen molar-refractivity contribution in [2.24, 2.45) is 0 Å². The molecule has 0 bridgehead atoms. The summed E-state index contributed by atoms with van der Waals surface area (Å²) >= 11 is 0. The second-order valence-corrected chi connectivity index (χ2v) is 3.01. The van der Waals surface area contributed by atoms with Gasteiger partial charge < -0.3 is 4.74 Å². The van der Waals surface area contributed by atoms with E-state index in [-0.39, 0.29) is 18.7 Å². The molecular weight excluding hydrogens is 161 g/mol. The van der Waals surface area contributed by atoms with Gasteiger partial charge in [0.15, 0.2) is 0 Å². The zero-order valence-electron chi connectivity index (χ0n) is 7.25. The minimum Gasteiger partial charge on any atom is -0.461 e. The van der Waals surface area contributed by atoms with Crippen LogP contribution in [0, 0.1) is 0 Å². The van der Waals surface area contributed by atoms with Gasteiger partial charge in [0.1, 0.15) is 12.8 Å². The van der Waals surface area contributed by atoms with E-state index in [1.165, 1.54) is 6.92 Å². The lowest BCUT2D eigenvalue weighted by Gasteiger charge is -2.13. The summed E-state index contributed by atoms with van der Waals surface area (Å²) < 4.78 is 16.9. The number of halogens is 1. The molecule has 0 aromatic rings. The Morgan fingerprint density at radius 1 is 1.75 bits per heavy atom. The fourth-order valence-electron chi connectivity index (χ4n) is 1.45. The van der Waals surface area contributed by atoms with Crippen LogP contribution in [-0.2, 0) is 9.53 Å². The Morgan fingerprint density at radius 2 is 2.50 bits per heavy atom. The van der Waals surface area contributed by atoms with Crippen molar-refractivity contribution in [1.82, 2.24) is 4.90 Å². The molecule has 1 rings (SSSR count). The van der Waals surface area contributed by atoms with E-state index >= 15 is 0 Å². The Labute approximate surface area is 71.5 Å². The van der Waals surface area contributed by atoms with Crippen LogP contribution in [0.5, 0.6) is 0 Å². The standard InChI is InChI=1S/C8H14FNO2/c1-7(11)12-8-2-4-10(6-8)5-3-9/h8H,2-6H2,1H3/t8-/m1/s1. The summed E-state index contributed by atoms with van der Waals surface area (Å²) in [6.45, 7) is 3.05. The predicted octanol–water partition coefficient (Wildman–Crippen LogP) is 0.593. The average molecular weight is 175 g/mol. The first kappa shape index (κ1) is 9.45. The molecule has 12 heavy (non-hydrogen) atoms. The number of hydrogen-bond donors (Lipinski definition) is 0. The highest BCUT2D eigenvalue weighted by Gasteiger charge is 2.23. The second kappa shape index (κ2) is 4.40. The van der Waals surface area contributed by atoms with Crippen molar-refractivity contribution in [1.29, 1.82) is 0 Å². The molecule has 0 radical (unpaired) electrons. The quantitative estimate of drug-likeness (QED) is 0.588. The summed E-state index contributed by atoms with van der Waals surface area (Å²) in [7, 11) is 0. The SMILES string of the molecule is CC(=O)O[C@@H]1CCN(CCF)C1. The number of hydrogen-bond acceptors (Lipinski definition) is 3. The van der Waals surface area contributed by atoms with Gasteiger partial charge in [0.2, 0.25) is 0 Å². The van der Waals surface area contributed by atoms with Crippen LogP contribution in [0.25, 0.3) is 0 Å². The molecule has 0 aromatic carbocycles. The van der Waals surface area contributed by atoms with E-state index in [1.807, 2.05) is 4.90 Å². The predicted molar refractivity (Wildman–Crippen MR) is 42.6 cm³/mol. The molecule has 70 valence electrons. The molecule has 1 aliphatic heterocycles. The minimum atomic E-state index is -0.327. The molecular formula is C8H14FNO2. The van der Waals surface area contributed by atoms with Gasteiger partial charge in [0, 0.05) is 26.6 Å². The molecule has 0 saturated carbocycles. The van der Waals surface area contributed by atoms with Crippen molar-refractivity contribution in [3.05, 3.63) is 0 Å². The molecule has 0 amide bonds. The molecule has 1 aliphatic rings. The van der Waals surface area contributed by atoms with E-state index in [0.717, 1.165) is 13.0 Å². The minimum absolute atomic E-state index is 0.0194. The summed E-state index contributed by atoms with van der Waals surface area (Å²) in [5, 5.41) is 0. The zero-order chi connectivity index (χ0) is 8.97. The number of nitrogens with zero attached hydrogens (tertiary/aromatic N) is 1. The van der Waals surface area contributed by atoms with Crippen LogP contribution in [0.1, 0.15) is 13.3 Å². The highest BCUT2D eigenvalue weighted by atomic mass is 19.1. The largest absolute Gasteiger partial charge is 0.461 e. The van der Waals surface area contributed by atoms with Crippen molar-refractivity contribution in [3.8, 4) is 0 Å². The van der Waals surface area contributed by atoms with Crippen LogP contribution in [-0.4, -0.2) is 43.3 Å². The first-order valence-corrected chi connectivity index (χ1v) is 4.18. The van der Waals surface area contributed by atoms with Crippen LogP contribution in [0.3, 0.4) is 0 Å². The number of ether oxygens (including phenoxy) is 1. The normalized spacial score (nSPS) is 24.3. The second-order valence-electron chi connectivity index (χ2n) is 3.01. The summed E-state index contributed by atoms with van der Waals surface area (Å²) in [6, 6.07) is 0. The van der Waals surface area contributed by atoms with Gasteiger partial charge in [-0.25, -0.2) is 4.39 Å². The Hall–Kier alpha value is -0.640. The maximum atomic E-state index is 11.9. The number of likely N-dealkylation sites (tertiary alicyclic amines) is 1. The van der Waals surface area contributed by atoms with E-state index in [2.05, 4.69) is 0 Å². The summed E-state index contributed by atoms with van der Waals surface area (Å²) in [5.41, 5.74) is 0. The summed E-state index contributed by atoms with van der Waals surface area (Å²) in [5.74, 6) is -0.248. The summed E-state index contributed by atoms with van der Waals surface area (Å²) in [6.07, 6.45) is 0.814. The number of alkyl halides is 1. The molecule has 0 spiro atoms. The lowest BCUT2D eigenvalue weighted by Crippen LogP contribution is -2.26. The molecule has 1 fully saturated rings. The number of carbonyl (C=O) groups is 1. The molecule has 0 N–H and O–H groups in total. The van der Waals surface area contributed by atoms with Gasteiger partial charge in [-0.15, -0.1) is 0 Å². The van der Waals surface area contributed by atoms with E-state index < -0.39 is 0 Å². The third-order valence-electron chi connectivity index (χ3n) is 1.96. The maximum absolute atomic E-state index is 11.9. The van der Waals surface area contributed by atoms with Crippen molar-refractivity contribution in [2.75, 3.05) is 26.3 Å². The first-order valence-electron chi connectivity index (χ1n) is 4.18. The zero-order valence-corrected chi connectivity index (χ0v) is 7.25. The van der Waals surface area contributed by atoms with Crippen LogP contribution in [0.4, 0.5) is 4.39 Å². The van der Waals surface area contributed by atoms with E-state index in [0.29, 0.717) is 13.1 Å². The van der Waals surface area contributed by atoms with Crippen LogP contribution in [0.2, 0.25) is 0 Å². The van der Waals surface area contributed by atoms with E-state index in [4.69, 9.17) is 4.74 Å². The molecule has 4 heteroatoms. The topological polar surface area (TPSA) is 29.5 Å². The Kier molecular flexibility index (Phi) is 3.47. The van der Waals surface area contributed by atoms with Gasteiger partial charge in [-0.3, -0.25) is 9.69 Å². The van der Waals surface area contributed by atoms with Gasteiger partial charge in [-0.1, -0.05) is 0 Å². The third kappa shape index (κ3) is 2.77. The molecule has 1 atom stereocenters. The maximum Gasteiger partial charge on any atom is 0.302 e. The fourth-order valence-corrected chi connectivity index (χ4v) is 1.45. The van der Waals surface area contributed by atoms with Crippen molar-refractivity contribution >= 4 is 5.97 Å². The molecule has 3 nitrogen and oxygen atoms in total. The Balaban J connectivity index is 2.21. The van der Waals surface area contributed by atoms with Crippen molar-refractivity contribution in [3.63, 3.8) is 0 Å². The van der Waals surface area contributed by atoms with Gasteiger partial charge in [0.25, 0.3) is 0 Å². The lowest BCUT2D eigenvalue weighted by molar-refractivity contribution is -0.145. The Morgan fingerprint density at radius 3 is 3.08 bits per heavy atom. The molecule has 0 aromatic heterocycles. The van der Waals surface area contributed by atoms with Gasteiger partial charge >= 0.3 is 5.97 Å². The lowest BCUT2D eigenvalue weighted by atomic mass is 10.3. The van der Waals surface area contributed by atoms with Gasteiger partial charge in [-0.2, -0.15) is 0 Å². The molecule has 0 unspecified atom stereocenters. The van der Waals surface area contributed by atoms with Crippen LogP contribution >= 0.6 is 0 Å². The highest BCUT2D eigenvalue weighted by Crippen LogP contribution is 2.11. The van der Waals surface area contributed by atoms with Crippen LogP contribution in [0.15, 0.2) is 0 Å². The van der Waals surface area contributed by atoms with Crippen molar-refractivity contribution in [2.45, 2.75) is 19.4 Å². The smallest absolute Gasteiger partial charge is 0.302 e. The van der Waals surface area contributed by atoms with E-state index in [9.17, 15) is 9.18 Å². The average Bonchev–Trinajstić information content (AvgIpc) is 2.36. The van der Waals surface area contributed by atoms with E-state index in [1.54, 1.807) is 0 Å². The first-order chi connectivity index (χ1) is 5.72. The van der Waals surface area contributed by atoms with Gasteiger partial charge in [0.05, 0.1) is 0 Å². The Bertz CT molecular complexity index is 163. The van der Waals surface area contributed by atoms with Gasteiger partial charge in [-0.05, 0) is 6.42 Å². The number of carbonyl (C=O) groups excluding carboxylic acids is 1.